The first kappa shape index (κ1) is 14.4. The van der Waals surface area contributed by atoms with Gasteiger partial charge in [-0.1, -0.05) is 0 Å². The van der Waals surface area contributed by atoms with Crippen LogP contribution in [0.2, 0.25) is 0 Å². The maximum atomic E-state index is 13.4. The van der Waals surface area contributed by atoms with Crippen LogP contribution < -0.4 is 5.32 Å². The third-order valence-electron chi connectivity index (χ3n) is 2.19. The van der Waals surface area contributed by atoms with Crippen LogP contribution in [-0.2, 0) is 4.79 Å². The number of alkyl halides is 1. The van der Waals surface area contributed by atoms with Gasteiger partial charge in [0.15, 0.2) is 5.82 Å². The van der Waals surface area contributed by atoms with E-state index in [1.54, 1.807) is 13.8 Å². The molecule has 0 aliphatic heterocycles. The van der Waals surface area contributed by atoms with Crippen molar-refractivity contribution < 1.29 is 13.6 Å². The smallest absolute Gasteiger partial charge is 0.231 e. The fraction of sp³-hybridized carbons (Fsp3) is 0.364. The van der Waals surface area contributed by atoms with E-state index in [4.69, 9.17) is 11.6 Å². The van der Waals surface area contributed by atoms with E-state index in [0.717, 1.165) is 6.07 Å². The number of anilines is 1. The highest BCUT2D eigenvalue weighted by molar-refractivity contribution is 9.10. The van der Waals surface area contributed by atoms with Crippen LogP contribution >= 0.6 is 27.5 Å². The molecule has 0 bridgehead atoms. The largest absolute Gasteiger partial charge is 0.322 e. The van der Waals surface area contributed by atoms with Crippen LogP contribution in [0, 0.1) is 17.0 Å². The number of amides is 1. The molecule has 0 atom stereocenters. The Morgan fingerprint density at radius 3 is 2.53 bits per heavy atom. The number of halogens is 4. The summed E-state index contributed by atoms with van der Waals surface area (Å²) in [4.78, 5) is 11.8. The van der Waals surface area contributed by atoms with E-state index in [2.05, 4.69) is 21.2 Å². The highest BCUT2D eigenvalue weighted by Crippen LogP contribution is 2.29. The molecule has 0 radical (unpaired) electrons. The molecule has 1 aromatic carbocycles. The molecular weight excluding hydrogens is 315 g/mol. The van der Waals surface area contributed by atoms with Crippen molar-refractivity contribution in [3.8, 4) is 0 Å². The van der Waals surface area contributed by atoms with Gasteiger partial charge in [-0.05, 0) is 35.8 Å². The zero-order valence-electron chi connectivity index (χ0n) is 9.28. The van der Waals surface area contributed by atoms with Gasteiger partial charge in [-0.25, -0.2) is 8.78 Å². The molecule has 0 saturated carbocycles. The highest BCUT2D eigenvalue weighted by Gasteiger charge is 2.27. The monoisotopic (exact) mass is 325 g/mol. The molecule has 0 spiro atoms. The van der Waals surface area contributed by atoms with Gasteiger partial charge in [-0.2, -0.15) is 0 Å². The normalized spacial score (nSPS) is 11.4. The second kappa shape index (κ2) is 5.31. The van der Waals surface area contributed by atoms with Crippen LogP contribution in [0.4, 0.5) is 14.5 Å². The molecule has 0 aliphatic carbocycles. The fourth-order valence-corrected chi connectivity index (χ4v) is 1.63. The third kappa shape index (κ3) is 3.39. The molecule has 6 heteroatoms. The summed E-state index contributed by atoms with van der Waals surface area (Å²) in [6.45, 7) is 3.26. The Bertz CT molecular complexity index is 428. The standard InChI is InChI=1S/C11H11BrClF2NO/c1-11(2,5-13)10(17)16-9-7(12)3-6(14)4-8(9)15/h3-4H,5H2,1-2H3,(H,16,17). The first-order valence-electron chi connectivity index (χ1n) is 4.80. The number of nitrogens with one attached hydrogen (secondary N) is 1. The molecule has 94 valence electrons. The molecule has 0 saturated heterocycles. The highest BCUT2D eigenvalue weighted by atomic mass is 79.9. The molecule has 2 nitrogen and oxygen atoms in total. The van der Waals surface area contributed by atoms with Crippen LogP contribution in [0.25, 0.3) is 0 Å². The summed E-state index contributed by atoms with van der Waals surface area (Å²) >= 11 is 8.62. The first-order valence-corrected chi connectivity index (χ1v) is 6.12. The van der Waals surface area contributed by atoms with Gasteiger partial charge in [0.1, 0.15) is 5.82 Å². The van der Waals surface area contributed by atoms with Gasteiger partial charge < -0.3 is 5.32 Å². The molecule has 0 aromatic heterocycles. The zero-order valence-corrected chi connectivity index (χ0v) is 11.6. The van der Waals surface area contributed by atoms with E-state index in [0.29, 0.717) is 6.07 Å². The molecule has 0 aliphatic rings. The molecule has 1 amide bonds. The van der Waals surface area contributed by atoms with Crippen molar-refractivity contribution >= 4 is 39.1 Å². The number of carbonyl (C=O) groups excluding carboxylic acids is 1. The van der Waals surface area contributed by atoms with Gasteiger partial charge >= 0.3 is 0 Å². The molecule has 1 aromatic rings. The molecule has 1 rings (SSSR count). The Labute approximate surface area is 111 Å². The Kier molecular flexibility index (Phi) is 4.49. The number of hydrogen-bond acceptors (Lipinski definition) is 1. The maximum Gasteiger partial charge on any atom is 0.231 e. The number of hydrogen-bond donors (Lipinski definition) is 1. The van der Waals surface area contributed by atoms with Crippen molar-refractivity contribution in [1.82, 2.24) is 0 Å². The predicted molar refractivity (Wildman–Crippen MR) is 67.2 cm³/mol. The van der Waals surface area contributed by atoms with Crippen molar-refractivity contribution in [2.45, 2.75) is 13.8 Å². The lowest BCUT2D eigenvalue weighted by Crippen LogP contribution is -2.32. The summed E-state index contributed by atoms with van der Waals surface area (Å²) in [6.07, 6.45) is 0. The first-order chi connectivity index (χ1) is 7.77. The van der Waals surface area contributed by atoms with E-state index in [1.165, 1.54) is 0 Å². The Balaban J connectivity index is 3.01. The summed E-state index contributed by atoms with van der Waals surface area (Å²) < 4.78 is 26.4. The Hall–Kier alpha value is -0.680. The van der Waals surface area contributed by atoms with Gasteiger partial charge in [-0.3, -0.25) is 4.79 Å². The summed E-state index contributed by atoms with van der Waals surface area (Å²) in [5, 5.41) is 2.38. The minimum atomic E-state index is -0.837. The van der Waals surface area contributed by atoms with Gasteiger partial charge in [0.05, 0.1) is 11.1 Å². The Morgan fingerprint density at radius 2 is 2.06 bits per heavy atom. The van der Waals surface area contributed by atoms with Crippen molar-refractivity contribution in [3.05, 3.63) is 28.2 Å². The molecule has 17 heavy (non-hydrogen) atoms. The lowest BCUT2D eigenvalue weighted by molar-refractivity contribution is -0.123. The zero-order chi connectivity index (χ0) is 13.2. The summed E-state index contributed by atoms with van der Waals surface area (Å²) in [5.74, 6) is -1.89. The van der Waals surface area contributed by atoms with Gasteiger partial charge in [0.25, 0.3) is 0 Å². The number of carbonyl (C=O) groups is 1. The van der Waals surface area contributed by atoms with E-state index >= 15 is 0 Å². The number of rotatable bonds is 3. The van der Waals surface area contributed by atoms with Crippen LogP contribution in [0.15, 0.2) is 16.6 Å². The topological polar surface area (TPSA) is 29.1 Å². The van der Waals surface area contributed by atoms with E-state index in [9.17, 15) is 13.6 Å². The molecule has 1 N–H and O–H groups in total. The maximum absolute atomic E-state index is 13.4. The average molecular weight is 327 g/mol. The average Bonchev–Trinajstić information content (AvgIpc) is 2.22. The number of benzene rings is 1. The van der Waals surface area contributed by atoms with Gasteiger partial charge in [-0.15, -0.1) is 11.6 Å². The third-order valence-corrected chi connectivity index (χ3v) is 3.49. The van der Waals surface area contributed by atoms with Crippen molar-refractivity contribution in [1.29, 1.82) is 0 Å². The SMILES string of the molecule is CC(C)(CCl)C(=O)Nc1c(F)cc(F)cc1Br. The Morgan fingerprint density at radius 1 is 1.47 bits per heavy atom. The molecular formula is C11H11BrClF2NO. The van der Waals surface area contributed by atoms with Crippen LogP contribution in [0.5, 0.6) is 0 Å². The molecule has 0 fully saturated rings. The molecule has 0 unspecified atom stereocenters. The van der Waals surface area contributed by atoms with E-state index < -0.39 is 23.0 Å². The van der Waals surface area contributed by atoms with Crippen LogP contribution in [0.3, 0.4) is 0 Å². The minimum absolute atomic E-state index is 0.0883. The predicted octanol–water partition coefficient (Wildman–Crippen LogP) is 3.93. The van der Waals surface area contributed by atoms with Gasteiger partial charge in [0.2, 0.25) is 5.91 Å². The van der Waals surface area contributed by atoms with Crippen molar-refractivity contribution in [2.75, 3.05) is 11.2 Å². The second-order valence-corrected chi connectivity index (χ2v) is 5.34. The van der Waals surface area contributed by atoms with Gasteiger partial charge in [0, 0.05) is 16.4 Å². The quantitative estimate of drug-likeness (QED) is 0.838. The van der Waals surface area contributed by atoms with Crippen LogP contribution in [-0.4, -0.2) is 11.8 Å². The summed E-state index contributed by atoms with van der Waals surface area (Å²) in [7, 11) is 0. The van der Waals surface area contributed by atoms with Crippen molar-refractivity contribution in [3.63, 3.8) is 0 Å². The van der Waals surface area contributed by atoms with Crippen molar-refractivity contribution in [2.24, 2.45) is 5.41 Å². The summed E-state index contributed by atoms with van der Waals surface area (Å²) in [5.41, 5.74) is -0.920. The fourth-order valence-electron chi connectivity index (χ4n) is 1.01. The lowest BCUT2D eigenvalue weighted by atomic mass is 9.95. The van der Waals surface area contributed by atoms with Crippen LogP contribution in [0.1, 0.15) is 13.8 Å². The summed E-state index contributed by atoms with van der Waals surface area (Å²) in [6, 6.07) is 1.78. The van der Waals surface area contributed by atoms with E-state index in [-0.39, 0.29) is 16.0 Å². The minimum Gasteiger partial charge on any atom is -0.322 e. The molecule has 0 heterocycles. The second-order valence-electron chi connectivity index (χ2n) is 4.22. The lowest BCUT2D eigenvalue weighted by Gasteiger charge is -2.21. The van der Waals surface area contributed by atoms with E-state index in [1.807, 2.05) is 0 Å².